The van der Waals surface area contributed by atoms with E-state index in [1.165, 1.54) is 0 Å². The van der Waals surface area contributed by atoms with Crippen molar-refractivity contribution in [2.24, 2.45) is 0 Å². The van der Waals surface area contributed by atoms with Gasteiger partial charge in [0.1, 0.15) is 11.9 Å². The summed E-state index contributed by atoms with van der Waals surface area (Å²) < 4.78 is 7.16. The number of hydrogen-bond donors (Lipinski definition) is 1. The third-order valence-electron chi connectivity index (χ3n) is 2.70. The largest absolute Gasteiger partial charge is 0.502 e. The summed E-state index contributed by atoms with van der Waals surface area (Å²) in [6, 6.07) is 7.87. The van der Waals surface area contributed by atoms with Crippen molar-refractivity contribution in [1.82, 2.24) is 9.55 Å². The standard InChI is InChI=1S/C14H18N2O2/c1-3-18-10-6-9-16-13-8-5-4-7-12(13)15-14(16)11(2)17/h4-8,10-11,17H,3,9H2,1-2H3/b10-6+. The van der Waals surface area contributed by atoms with E-state index in [0.29, 0.717) is 19.0 Å². The van der Waals surface area contributed by atoms with Crippen LogP contribution in [0.1, 0.15) is 25.8 Å². The van der Waals surface area contributed by atoms with Crippen LogP contribution in [0.25, 0.3) is 11.0 Å². The Hall–Kier alpha value is -1.81. The number of benzene rings is 1. The third-order valence-corrected chi connectivity index (χ3v) is 2.70. The van der Waals surface area contributed by atoms with Crippen molar-refractivity contribution in [3.8, 4) is 0 Å². The number of para-hydroxylation sites is 2. The van der Waals surface area contributed by atoms with Gasteiger partial charge in [0.2, 0.25) is 0 Å². The van der Waals surface area contributed by atoms with Gasteiger partial charge in [0.05, 0.1) is 23.9 Å². The van der Waals surface area contributed by atoms with Gasteiger partial charge in [-0.05, 0) is 32.1 Å². The van der Waals surface area contributed by atoms with Gasteiger partial charge in [-0.1, -0.05) is 12.1 Å². The van der Waals surface area contributed by atoms with E-state index in [9.17, 15) is 5.11 Å². The van der Waals surface area contributed by atoms with Crippen LogP contribution in [0.5, 0.6) is 0 Å². The average Bonchev–Trinajstić information content (AvgIpc) is 2.74. The quantitative estimate of drug-likeness (QED) is 0.825. The summed E-state index contributed by atoms with van der Waals surface area (Å²) in [6.45, 7) is 4.97. The number of ether oxygens (including phenoxy) is 1. The second-order valence-corrected chi connectivity index (χ2v) is 4.07. The van der Waals surface area contributed by atoms with E-state index < -0.39 is 6.10 Å². The molecule has 0 aliphatic rings. The summed E-state index contributed by atoms with van der Waals surface area (Å²) in [5.41, 5.74) is 1.92. The van der Waals surface area contributed by atoms with Crippen LogP contribution in [0.4, 0.5) is 0 Å². The average molecular weight is 246 g/mol. The zero-order valence-corrected chi connectivity index (χ0v) is 10.7. The number of nitrogens with zero attached hydrogens (tertiary/aromatic N) is 2. The van der Waals surface area contributed by atoms with Crippen LogP contribution in [0.15, 0.2) is 36.6 Å². The van der Waals surface area contributed by atoms with E-state index in [0.717, 1.165) is 11.0 Å². The molecule has 1 heterocycles. The van der Waals surface area contributed by atoms with Gasteiger partial charge in [0.15, 0.2) is 0 Å². The third kappa shape index (κ3) is 2.54. The normalized spacial score (nSPS) is 13.3. The molecule has 2 rings (SSSR count). The molecule has 0 fully saturated rings. The number of imidazole rings is 1. The first-order chi connectivity index (χ1) is 8.74. The first-order valence-electron chi connectivity index (χ1n) is 6.14. The Kier molecular flexibility index (Phi) is 3.99. The molecule has 0 amide bonds. The first kappa shape index (κ1) is 12.6. The molecule has 0 saturated heterocycles. The lowest BCUT2D eigenvalue weighted by Crippen LogP contribution is -2.05. The molecule has 2 aromatic rings. The summed E-state index contributed by atoms with van der Waals surface area (Å²) >= 11 is 0. The van der Waals surface area contributed by atoms with Crippen molar-refractivity contribution >= 4 is 11.0 Å². The number of hydrogen-bond acceptors (Lipinski definition) is 3. The van der Waals surface area contributed by atoms with E-state index in [4.69, 9.17) is 4.74 Å². The van der Waals surface area contributed by atoms with Gasteiger partial charge in [0, 0.05) is 6.54 Å². The van der Waals surface area contributed by atoms with E-state index >= 15 is 0 Å². The van der Waals surface area contributed by atoms with E-state index in [2.05, 4.69) is 4.98 Å². The molecule has 18 heavy (non-hydrogen) atoms. The fourth-order valence-electron chi connectivity index (χ4n) is 1.92. The van der Waals surface area contributed by atoms with Crippen molar-refractivity contribution < 1.29 is 9.84 Å². The zero-order valence-electron chi connectivity index (χ0n) is 10.7. The molecule has 1 unspecified atom stereocenters. The fourth-order valence-corrected chi connectivity index (χ4v) is 1.92. The van der Waals surface area contributed by atoms with Gasteiger partial charge < -0.3 is 14.4 Å². The summed E-state index contributed by atoms with van der Waals surface area (Å²) in [5, 5.41) is 9.77. The van der Waals surface area contributed by atoms with Gasteiger partial charge >= 0.3 is 0 Å². The lowest BCUT2D eigenvalue weighted by molar-refractivity contribution is 0.185. The zero-order chi connectivity index (χ0) is 13.0. The molecule has 0 radical (unpaired) electrons. The number of allylic oxidation sites excluding steroid dienone is 1. The van der Waals surface area contributed by atoms with Crippen molar-refractivity contribution in [1.29, 1.82) is 0 Å². The maximum absolute atomic E-state index is 9.77. The predicted octanol–water partition coefficient (Wildman–Crippen LogP) is 2.64. The second kappa shape index (κ2) is 5.69. The molecule has 96 valence electrons. The lowest BCUT2D eigenvalue weighted by atomic mass is 10.3. The van der Waals surface area contributed by atoms with Crippen LogP contribution in [-0.4, -0.2) is 21.3 Å². The number of fused-ring (bicyclic) bond motifs is 1. The molecule has 0 spiro atoms. The molecule has 1 N–H and O–H groups in total. The van der Waals surface area contributed by atoms with Gasteiger partial charge in [-0.3, -0.25) is 0 Å². The Bertz CT molecular complexity index is 544. The molecular weight excluding hydrogens is 228 g/mol. The van der Waals surface area contributed by atoms with Crippen molar-refractivity contribution in [2.75, 3.05) is 6.61 Å². The van der Waals surface area contributed by atoms with Crippen molar-refractivity contribution in [3.05, 3.63) is 42.4 Å². The minimum Gasteiger partial charge on any atom is -0.502 e. The molecule has 1 aromatic heterocycles. The van der Waals surface area contributed by atoms with E-state index in [-0.39, 0.29) is 0 Å². The Balaban J connectivity index is 2.36. The molecule has 0 aliphatic carbocycles. The van der Waals surface area contributed by atoms with Crippen LogP contribution in [-0.2, 0) is 11.3 Å². The smallest absolute Gasteiger partial charge is 0.138 e. The predicted molar refractivity (Wildman–Crippen MR) is 71.1 cm³/mol. The van der Waals surface area contributed by atoms with Crippen LogP contribution < -0.4 is 0 Å². The van der Waals surface area contributed by atoms with E-state index in [1.807, 2.05) is 41.8 Å². The van der Waals surface area contributed by atoms with Crippen LogP contribution in [0, 0.1) is 0 Å². The minimum absolute atomic E-state index is 0.585. The molecule has 1 aromatic carbocycles. The second-order valence-electron chi connectivity index (χ2n) is 4.07. The highest BCUT2D eigenvalue weighted by molar-refractivity contribution is 5.76. The number of aliphatic hydroxyl groups excluding tert-OH is 1. The molecule has 0 saturated carbocycles. The van der Waals surface area contributed by atoms with Gasteiger partial charge in [-0.2, -0.15) is 0 Å². The topological polar surface area (TPSA) is 47.3 Å². The number of aliphatic hydroxyl groups is 1. The van der Waals surface area contributed by atoms with Crippen LogP contribution in [0.3, 0.4) is 0 Å². The van der Waals surface area contributed by atoms with Crippen LogP contribution in [0.2, 0.25) is 0 Å². The fraction of sp³-hybridized carbons (Fsp3) is 0.357. The van der Waals surface area contributed by atoms with Crippen LogP contribution >= 0.6 is 0 Å². The summed E-state index contributed by atoms with van der Waals surface area (Å²) in [4.78, 5) is 4.45. The maximum atomic E-state index is 9.77. The molecule has 4 nitrogen and oxygen atoms in total. The van der Waals surface area contributed by atoms with Gasteiger partial charge in [-0.25, -0.2) is 4.98 Å². The Morgan fingerprint density at radius 1 is 1.44 bits per heavy atom. The monoisotopic (exact) mass is 246 g/mol. The Labute approximate surface area is 107 Å². The molecule has 0 aliphatic heterocycles. The Morgan fingerprint density at radius 2 is 2.22 bits per heavy atom. The highest BCUT2D eigenvalue weighted by Crippen LogP contribution is 2.20. The molecular formula is C14H18N2O2. The maximum Gasteiger partial charge on any atom is 0.138 e. The lowest BCUT2D eigenvalue weighted by Gasteiger charge is -2.08. The minimum atomic E-state index is -0.585. The first-order valence-corrected chi connectivity index (χ1v) is 6.14. The highest BCUT2D eigenvalue weighted by Gasteiger charge is 2.13. The number of rotatable bonds is 5. The molecule has 0 bridgehead atoms. The summed E-state index contributed by atoms with van der Waals surface area (Å²) in [6.07, 6.45) is 3.02. The Morgan fingerprint density at radius 3 is 2.94 bits per heavy atom. The molecule has 4 heteroatoms. The SMILES string of the molecule is CCO/C=C/Cn1c(C(C)O)nc2ccccc21. The van der Waals surface area contributed by atoms with Crippen molar-refractivity contribution in [2.45, 2.75) is 26.5 Å². The van der Waals surface area contributed by atoms with E-state index in [1.54, 1.807) is 13.2 Å². The number of aromatic nitrogens is 2. The van der Waals surface area contributed by atoms with Gasteiger partial charge in [0.25, 0.3) is 0 Å². The summed E-state index contributed by atoms with van der Waals surface area (Å²) in [7, 11) is 0. The van der Waals surface area contributed by atoms with Crippen molar-refractivity contribution in [3.63, 3.8) is 0 Å². The highest BCUT2D eigenvalue weighted by atomic mass is 16.5. The summed E-state index contributed by atoms with van der Waals surface area (Å²) in [5.74, 6) is 0.678. The molecule has 1 atom stereocenters. The van der Waals surface area contributed by atoms with Gasteiger partial charge in [-0.15, -0.1) is 0 Å².